The molecular weight excluding hydrogens is 795 g/mol. The first-order valence-corrected chi connectivity index (χ1v) is 29.4. The van der Waals surface area contributed by atoms with Crippen LogP contribution in [0.15, 0.2) is 48.6 Å². The Morgan fingerprint density at radius 2 is 0.600 bits per heavy atom. The van der Waals surface area contributed by atoms with Crippen molar-refractivity contribution in [3.63, 3.8) is 0 Å². The molecule has 2 unspecified atom stereocenters. The van der Waals surface area contributed by atoms with Crippen molar-refractivity contribution in [2.75, 3.05) is 6.61 Å². The van der Waals surface area contributed by atoms with Gasteiger partial charge in [-0.25, -0.2) is 0 Å². The Bertz CT molecular complexity index is 1030. The molecule has 0 heterocycles. The molecule has 0 aliphatic heterocycles. The van der Waals surface area contributed by atoms with Gasteiger partial charge in [0.1, 0.15) is 0 Å². The van der Waals surface area contributed by atoms with Crippen molar-refractivity contribution in [2.45, 2.75) is 328 Å². The average Bonchev–Trinajstić information content (AvgIpc) is 3.31. The fraction of sp³-hybridized carbons (Fsp3) is 0.852. The van der Waals surface area contributed by atoms with Crippen LogP contribution in [0.3, 0.4) is 0 Å². The van der Waals surface area contributed by atoms with Gasteiger partial charge in [0.2, 0.25) is 5.91 Å². The van der Waals surface area contributed by atoms with Crippen molar-refractivity contribution < 1.29 is 15.0 Å². The van der Waals surface area contributed by atoms with Crippen LogP contribution in [0, 0.1) is 0 Å². The van der Waals surface area contributed by atoms with Crippen molar-refractivity contribution in [1.29, 1.82) is 0 Å². The molecule has 0 bridgehead atoms. The molecule has 2 atom stereocenters. The first kappa shape index (κ1) is 63.4. The molecule has 0 aromatic heterocycles. The summed E-state index contributed by atoms with van der Waals surface area (Å²) in [4.78, 5) is 12.5. The van der Waals surface area contributed by atoms with Gasteiger partial charge in [-0.3, -0.25) is 4.79 Å². The summed E-state index contributed by atoms with van der Waals surface area (Å²) in [6, 6.07) is -0.646. The highest BCUT2D eigenvalue weighted by Gasteiger charge is 2.18. The number of hydrogen-bond acceptors (Lipinski definition) is 3. The van der Waals surface area contributed by atoms with E-state index in [-0.39, 0.29) is 12.5 Å². The predicted octanol–water partition coefficient (Wildman–Crippen LogP) is 19.4. The van der Waals surface area contributed by atoms with Crippen molar-refractivity contribution in [2.24, 2.45) is 0 Å². The molecule has 4 heteroatoms. The standard InChI is InChI=1S/C61H115NO3/c1-3-5-7-9-11-13-15-17-19-21-23-25-26-27-28-29-30-31-32-33-34-35-37-39-41-43-45-47-49-51-53-55-57-61(65)62-59(58-63)60(64)56-54-52-50-48-46-44-42-40-38-36-24-22-20-18-16-14-12-10-8-6-4-2/h27-28,38,40,46,48,54,56,59-60,63-64H,3-26,29-37,39,41-45,47,49-53,55,57-58H2,1-2H3,(H,62,65)/b28-27-,40-38+,48-46+,56-54+. The Hall–Kier alpha value is -1.65. The summed E-state index contributed by atoms with van der Waals surface area (Å²) < 4.78 is 0. The van der Waals surface area contributed by atoms with Crippen LogP contribution in [0.1, 0.15) is 316 Å². The number of hydrogen-bond donors (Lipinski definition) is 3. The molecule has 0 radical (unpaired) electrons. The smallest absolute Gasteiger partial charge is 0.220 e. The summed E-state index contributed by atoms with van der Waals surface area (Å²) >= 11 is 0. The van der Waals surface area contributed by atoms with Gasteiger partial charge in [-0.1, -0.05) is 287 Å². The number of unbranched alkanes of at least 4 members (excludes halogenated alkanes) is 41. The molecule has 0 aliphatic carbocycles. The second kappa shape index (κ2) is 56.7. The van der Waals surface area contributed by atoms with Crippen molar-refractivity contribution in [1.82, 2.24) is 5.32 Å². The maximum atomic E-state index is 12.5. The Morgan fingerprint density at radius 1 is 0.354 bits per heavy atom. The van der Waals surface area contributed by atoms with Gasteiger partial charge in [0, 0.05) is 6.42 Å². The molecule has 0 aliphatic rings. The fourth-order valence-corrected chi connectivity index (χ4v) is 9.03. The summed E-state index contributed by atoms with van der Waals surface area (Å²) in [6.07, 6.45) is 78.6. The third kappa shape index (κ3) is 53.2. The minimum Gasteiger partial charge on any atom is -0.394 e. The van der Waals surface area contributed by atoms with E-state index in [4.69, 9.17) is 0 Å². The molecular formula is C61H115NO3. The van der Waals surface area contributed by atoms with Gasteiger partial charge < -0.3 is 15.5 Å². The molecule has 0 spiro atoms. The lowest BCUT2D eigenvalue weighted by Gasteiger charge is -2.19. The van der Waals surface area contributed by atoms with E-state index in [1.54, 1.807) is 6.08 Å². The lowest BCUT2D eigenvalue weighted by molar-refractivity contribution is -0.123. The van der Waals surface area contributed by atoms with E-state index in [1.807, 2.05) is 6.08 Å². The highest BCUT2D eigenvalue weighted by molar-refractivity contribution is 5.76. The zero-order chi connectivity index (χ0) is 47.0. The van der Waals surface area contributed by atoms with Gasteiger partial charge in [-0.05, 0) is 70.6 Å². The summed E-state index contributed by atoms with van der Waals surface area (Å²) in [7, 11) is 0. The number of aliphatic hydroxyl groups is 2. The van der Waals surface area contributed by atoms with E-state index in [2.05, 4.69) is 55.6 Å². The van der Waals surface area contributed by atoms with Crippen LogP contribution >= 0.6 is 0 Å². The number of amides is 1. The molecule has 4 nitrogen and oxygen atoms in total. The van der Waals surface area contributed by atoms with Crippen molar-refractivity contribution in [3.05, 3.63) is 48.6 Å². The minimum atomic E-state index is -0.871. The summed E-state index contributed by atoms with van der Waals surface area (Å²) in [5.41, 5.74) is 0. The van der Waals surface area contributed by atoms with Crippen LogP contribution in [0.25, 0.3) is 0 Å². The molecule has 65 heavy (non-hydrogen) atoms. The number of aliphatic hydroxyl groups excluding tert-OH is 2. The van der Waals surface area contributed by atoms with E-state index in [9.17, 15) is 15.0 Å². The van der Waals surface area contributed by atoms with Crippen LogP contribution < -0.4 is 5.32 Å². The Morgan fingerprint density at radius 3 is 0.892 bits per heavy atom. The highest BCUT2D eigenvalue weighted by atomic mass is 16.3. The molecule has 0 fully saturated rings. The Kier molecular flexibility index (Phi) is 55.2. The second-order valence-electron chi connectivity index (χ2n) is 20.0. The average molecular weight is 911 g/mol. The lowest BCUT2D eigenvalue weighted by atomic mass is 10.0. The monoisotopic (exact) mass is 910 g/mol. The number of carbonyl (C=O) groups excluding carboxylic acids is 1. The van der Waals surface area contributed by atoms with Crippen LogP contribution in [0.5, 0.6) is 0 Å². The maximum Gasteiger partial charge on any atom is 0.220 e. The first-order valence-electron chi connectivity index (χ1n) is 29.4. The number of nitrogens with one attached hydrogen (secondary N) is 1. The summed E-state index contributed by atoms with van der Waals surface area (Å²) in [5, 5.41) is 23.1. The minimum absolute atomic E-state index is 0.0738. The fourth-order valence-electron chi connectivity index (χ4n) is 9.03. The van der Waals surface area contributed by atoms with Crippen molar-refractivity contribution in [3.8, 4) is 0 Å². The molecule has 0 aromatic rings. The zero-order valence-electron chi connectivity index (χ0n) is 44.0. The normalized spacial score (nSPS) is 13.1. The maximum absolute atomic E-state index is 12.5. The molecule has 0 saturated carbocycles. The quantitative estimate of drug-likeness (QED) is 0.0421. The third-order valence-corrected chi connectivity index (χ3v) is 13.5. The van der Waals surface area contributed by atoms with E-state index < -0.39 is 12.1 Å². The van der Waals surface area contributed by atoms with Gasteiger partial charge in [-0.2, -0.15) is 0 Å². The highest BCUT2D eigenvalue weighted by Crippen LogP contribution is 2.17. The van der Waals surface area contributed by atoms with Crippen LogP contribution in [-0.4, -0.2) is 34.9 Å². The van der Waals surface area contributed by atoms with Gasteiger partial charge in [0.05, 0.1) is 18.8 Å². The second-order valence-corrected chi connectivity index (χ2v) is 20.0. The van der Waals surface area contributed by atoms with Crippen molar-refractivity contribution >= 4 is 5.91 Å². The van der Waals surface area contributed by atoms with E-state index >= 15 is 0 Å². The van der Waals surface area contributed by atoms with E-state index in [0.717, 1.165) is 38.5 Å². The summed E-state index contributed by atoms with van der Waals surface area (Å²) in [6.45, 7) is 4.32. The number of allylic oxidation sites excluding steroid dienone is 7. The molecule has 0 aromatic carbocycles. The summed E-state index contributed by atoms with van der Waals surface area (Å²) in [5.74, 6) is -0.0738. The Balaban J connectivity index is 3.50. The zero-order valence-corrected chi connectivity index (χ0v) is 44.0. The molecule has 1 amide bonds. The van der Waals surface area contributed by atoms with Gasteiger partial charge in [-0.15, -0.1) is 0 Å². The Labute approximate surface area is 407 Å². The SMILES string of the molecule is CCCCCCCCCCCCC/C=C/CC/C=C/CC/C=C/C(O)C(CO)NC(=O)CCCCCCCCCCCCCCCCCC/C=C\CCCCCCCCCCCCCC. The largest absolute Gasteiger partial charge is 0.394 e. The van der Waals surface area contributed by atoms with Gasteiger partial charge in [0.25, 0.3) is 0 Å². The topological polar surface area (TPSA) is 69.6 Å². The first-order chi connectivity index (χ1) is 32.2. The lowest BCUT2D eigenvalue weighted by Crippen LogP contribution is -2.45. The number of carbonyl (C=O) groups is 1. The predicted molar refractivity (Wildman–Crippen MR) is 290 cm³/mol. The van der Waals surface area contributed by atoms with E-state index in [0.29, 0.717) is 6.42 Å². The van der Waals surface area contributed by atoms with Crippen LogP contribution in [0.2, 0.25) is 0 Å². The van der Waals surface area contributed by atoms with Gasteiger partial charge >= 0.3 is 0 Å². The molecule has 382 valence electrons. The van der Waals surface area contributed by atoms with Crippen LogP contribution in [0.4, 0.5) is 0 Å². The molecule has 3 N–H and O–H groups in total. The molecule has 0 saturated heterocycles. The van der Waals surface area contributed by atoms with E-state index in [1.165, 1.54) is 257 Å². The number of rotatable bonds is 54. The van der Waals surface area contributed by atoms with Crippen LogP contribution in [-0.2, 0) is 4.79 Å². The third-order valence-electron chi connectivity index (χ3n) is 13.5. The van der Waals surface area contributed by atoms with Gasteiger partial charge in [0.15, 0.2) is 0 Å². The molecule has 0 rings (SSSR count).